The van der Waals surface area contributed by atoms with Gasteiger partial charge in [0.2, 0.25) is 5.91 Å². The smallest absolute Gasteiger partial charge is 0.234 e. The molecule has 2 aliphatic rings. The van der Waals surface area contributed by atoms with Crippen LogP contribution in [0.4, 0.5) is 0 Å². The third kappa shape index (κ3) is 4.54. The number of carbonyl (C=O) groups excluding carboxylic acids is 1. The predicted molar refractivity (Wildman–Crippen MR) is 89.9 cm³/mol. The molecule has 0 aliphatic carbocycles. The molecule has 1 aromatic rings. The Hall–Kier alpha value is -1.40. The van der Waals surface area contributed by atoms with E-state index in [2.05, 4.69) is 22.3 Å². The highest BCUT2D eigenvalue weighted by atomic mass is 32.2. The summed E-state index contributed by atoms with van der Waals surface area (Å²) in [5.41, 5.74) is 1.30. The number of benzene rings is 1. The van der Waals surface area contributed by atoms with Crippen LogP contribution in [0.2, 0.25) is 0 Å². The summed E-state index contributed by atoms with van der Waals surface area (Å²) < 4.78 is 22.9. The van der Waals surface area contributed by atoms with E-state index in [0.717, 1.165) is 25.8 Å². The lowest BCUT2D eigenvalue weighted by Gasteiger charge is -2.24. The third-order valence-corrected chi connectivity index (χ3v) is 6.53. The minimum absolute atomic E-state index is 0.0490. The Morgan fingerprint density at radius 2 is 2.00 bits per heavy atom. The highest BCUT2D eigenvalue weighted by Crippen LogP contribution is 2.21. The zero-order chi connectivity index (χ0) is 16.3. The van der Waals surface area contributed by atoms with E-state index in [1.54, 1.807) is 0 Å². The molecule has 0 spiro atoms. The van der Waals surface area contributed by atoms with Gasteiger partial charge in [0.05, 0.1) is 18.1 Å². The topological polar surface area (TPSA) is 66.5 Å². The lowest BCUT2D eigenvalue weighted by Crippen LogP contribution is -2.44. The summed E-state index contributed by atoms with van der Waals surface area (Å²) in [6, 6.07) is 10.5. The minimum Gasteiger partial charge on any atom is -0.351 e. The number of carbonyl (C=O) groups is 1. The second kappa shape index (κ2) is 7.01. The summed E-state index contributed by atoms with van der Waals surface area (Å²) in [5.74, 6) is 0.233. The first-order chi connectivity index (χ1) is 11.0. The van der Waals surface area contributed by atoms with Crippen molar-refractivity contribution in [1.82, 2.24) is 10.2 Å². The van der Waals surface area contributed by atoms with Gasteiger partial charge in [-0.15, -0.1) is 0 Å². The van der Waals surface area contributed by atoms with Crippen LogP contribution in [0, 0.1) is 0 Å². The fourth-order valence-electron chi connectivity index (χ4n) is 3.59. The van der Waals surface area contributed by atoms with Crippen molar-refractivity contribution in [2.24, 2.45) is 0 Å². The lowest BCUT2D eigenvalue weighted by molar-refractivity contribution is -0.123. The van der Waals surface area contributed by atoms with Crippen molar-refractivity contribution in [3.8, 4) is 0 Å². The van der Waals surface area contributed by atoms with Gasteiger partial charge < -0.3 is 5.32 Å². The van der Waals surface area contributed by atoms with Gasteiger partial charge in [-0.3, -0.25) is 9.69 Å². The van der Waals surface area contributed by atoms with Gasteiger partial charge in [-0.25, -0.2) is 8.42 Å². The highest BCUT2D eigenvalue weighted by molar-refractivity contribution is 7.91. The molecule has 0 aromatic heterocycles. The van der Waals surface area contributed by atoms with Gasteiger partial charge >= 0.3 is 0 Å². The molecular weight excluding hydrogens is 312 g/mol. The number of rotatable bonds is 5. The van der Waals surface area contributed by atoms with Crippen LogP contribution < -0.4 is 5.32 Å². The Morgan fingerprint density at radius 1 is 1.22 bits per heavy atom. The van der Waals surface area contributed by atoms with E-state index in [0.29, 0.717) is 19.0 Å². The van der Waals surface area contributed by atoms with Gasteiger partial charge in [0.15, 0.2) is 9.84 Å². The number of sulfone groups is 1. The first kappa shape index (κ1) is 16.5. The fraction of sp³-hybridized carbons (Fsp3) is 0.588. The molecule has 1 aromatic carbocycles. The number of hydrogen-bond acceptors (Lipinski definition) is 4. The standard InChI is InChI=1S/C17H24N2O3S/c20-17(18-15-8-10-23(21,22)13-15)12-19-9-4-7-16(19)11-14-5-2-1-3-6-14/h1-3,5-6,15-16H,4,7-13H2,(H,18,20)/t15-,16+/m0/s1. The average molecular weight is 336 g/mol. The fourth-order valence-corrected chi connectivity index (χ4v) is 5.26. The Balaban J connectivity index is 1.51. The quantitative estimate of drug-likeness (QED) is 0.871. The molecule has 2 atom stereocenters. The maximum absolute atomic E-state index is 12.2. The maximum Gasteiger partial charge on any atom is 0.234 e. The van der Waals surface area contributed by atoms with Crippen LogP contribution in [-0.4, -0.2) is 55.9 Å². The van der Waals surface area contributed by atoms with E-state index in [-0.39, 0.29) is 23.5 Å². The third-order valence-electron chi connectivity index (χ3n) is 4.76. The molecule has 2 saturated heterocycles. The molecule has 2 fully saturated rings. The van der Waals surface area contributed by atoms with E-state index < -0.39 is 9.84 Å². The molecule has 0 radical (unpaired) electrons. The number of likely N-dealkylation sites (tertiary alicyclic amines) is 1. The summed E-state index contributed by atoms with van der Waals surface area (Å²) in [6.45, 7) is 1.31. The molecule has 3 rings (SSSR count). The summed E-state index contributed by atoms with van der Waals surface area (Å²) in [7, 11) is -2.95. The highest BCUT2D eigenvalue weighted by Gasteiger charge is 2.31. The number of hydrogen-bond donors (Lipinski definition) is 1. The van der Waals surface area contributed by atoms with Gasteiger partial charge in [-0.05, 0) is 37.8 Å². The monoisotopic (exact) mass is 336 g/mol. The Kier molecular flexibility index (Phi) is 5.02. The van der Waals surface area contributed by atoms with Crippen LogP contribution >= 0.6 is 0 Å². The Labute approximate surface area is 138 Å². The molecule has 0 unspecified atom stereocenters. The van der Waals surface area contributed by atoms with E-state index >= 15 is 0 Å². The molecule has 0 bridgehead atoms. The van der Waals surface area contributed by atoms with Crippen LogP contribution in [0.3, 0.4) is 0 Å². The molecule has 1 amide bonds. The van der Waals surface area contributed by atoms with Crippen molar-refractivity contribution in [3.05, 3.63) is 35.9 Å². The van der Waals surface area contributed by atoms with Crippen LogP contribution in [0.5, 0.6) is 0 Å². The van der Waals surface area contributed by atoms with Crippen LogP contribution in [-0.2, 0) is 21.1 Å². The SMILES string of the molecule is O=C(CN1CCC[C@@H]1Cc1ccccc1)N[C@H]1CCS(=O)(=O)C1. The molecule has 2 heterocycles. The first-order valence-electron chi connectivity index (χ1n) is 8.29. The van der Waals surface area contributed by atoms with Crippen molar-refractivity contribution in [2.45, 2.75) is 37.8 Å². The normalized spacial score (nSPS) is 27.1. The molecule has 6 heteroatoms. The van der Waals surface area contributed by atoms with E-state index in [1.165, 1.54) is 5.56 Å². The van der Waals surface area contributed by atoms with Crippen molar-refractivity contribution in [2.75, 3.05) is 24.6 Å². The van der Waals surface area contributed by atoms with Crippen molar-refractivity contribution in [1.29, 1.82) is 0 Å². The minimum atomic E-state index is -2.95. The van der Waals surface area contributed by atoms with Gasteiger partial charge in [0, 0.05) is 12.1 Å². The van der Waals surface area contributed by atoms with Gasteiger partial charge in [-0.1, -0.05) is 30.3 Å². The lowest BCUT2D eigenvalue weighted by atomic mass is 10.0. The van der Waals surface area contributed by atoms with Crippen molar-refractivity contribution < 1.29 is 13.2 Å². The largest absolute Gasteiger partial charge is 0.351 e. The number of amides is 1. The molecule has 126 valence electrons. The van der Waals surface area contributed by atoms with Crippen LogP contribution in [0.25, 0.3) is 0 Å². The van der Waals surface area contributed by atoms with Crippen LogP contribution in [0.1, 0.15) is 24.8 Å². The first-order valence-corrected chi connectivity index (χ1v) is 10.1. The summed E-state index contributed by atoms with van der Waals surface area (Å²) in [5, 5.41) is 2.89. The molecule has 5 nitrogen and oxygen atoms in total. The molecular formula is C17H24N2O3S. The zero-order valence-corrected chi connectivity index (χ0v) is 14.1. The van der Waals surface area contributed by atoms with Crippen molar-refractivity contribution in [3.63, 3.8) is 0 Å². The van der Waals surface area contributed by atoms with Crippen molar-refractivity contribution >= 4 is 15.7 Å². The average Bonchev–Trinajstić information content (AvgIpc) is 3.06. The number of nitrogens with zero attached hydrogens (tertiary/aromatic N) is 1. The maximum atomic E-state index is 12.2. The van der Waals surface area contributed by atoms with Gasteiger partial charge in [-0.2, -0.15) is 0 Å². The summed E-state index contributed by atoms with van der Waals surface area (Å²) in [6.07, 6.45) is 3.73. The Morgan fingerprint density at radius 3 is 2.70 bits per heavy atom. The zero-order valence-electron chi connectivity index (χ0n) is 13.3. The van der Waals surface area contributed by atoms with Gasteiger partial charge in [0.1, 0.15) is 0 Å². The Bertz CT molecular complexity index is 645. The van der Waals surface area contributed by atoms with E-state index in [4.69, 9.17) is 0 Å². The van der Waals surface area contributed by atoms with Crippen LogP contribution in [0.15, 0.2) is 30.3 Å². The molecule has 1 N–H and O–H groups in total. The molecule has 0 saturated carbocycles. The predicted octanol–water partition coefficient (Wildman–Crippen LogP) is 0.997. The van der Waals surface area contributed by atoms with Gasteiger partial charge in [0.25, 0.3) is 0 Å². The second-order valence-corrected chi connectivity index (χ2v) is 8.85. The summed E-state index contributed by atoms with van der Waals surface area (Å²) in [4.78, 5) is 14.4. The molecule has 23 heavy (non-hydrogen) atoms. The second-order valence-electron chi connectivity index (χ2n) is 6.62. The molecule has 2 aliphatic heterocycles. The van der Waals surface area contributed by atoms with E-state index in [1.807, 2.05) is 18.2 Å². The number of nitrogens with one attached hydrogen (secondary N) is 1. The van der Waals surface area contributed by atoms with E-state index in [9.17, 15) is 13.2 Å². The summed E-state index contributed by atoms with van der Waals surface area (Å²) >= 11 is 0.